The van der Waals surface area contributed by atoms with Gasteiger partial charge >= 0.3 is 6.18 Å². The number of nitrogens with zero attached hydrogens (tertiary/aromatic N) is 1. The molecule has 0 saturated heterocycles. The Hall–Kier alpha value is -1.50. The number of aliphatic hydroxyl groups is 1. The van der Waals surface area contributed by atoms with E-state index in [-0.39, 0.29) is 17.9 Å². The minimum Gasteiger partial charge on any atom is -0.396 e. The van der Waals surface area contributed by atoms with E-state index in [2.05, 4.69) is 10.3 Å². The number of halogens is 3. The molecule has 1 heterocycles. The first-order chi connectivity index (χ1) is 8.34. The van der Waals surface area contributed by atoms with Crippen LogP contribution in [-0.4, -0.2) is 22.7 Å². The zero-order valence-electron chi connectivity index (χ0n) is 9.96. The number of pyridine rings is 1. The average Bonchev–Trinajstić information content (AvgIpc) is 2.26. The van der Waals surface area contributed by atoms with Gasteiger partial charge in [-0.15, -0.1) is 0 Å². The monoisotopic (exact) mass is 263 g/mol. The normalized spacial score (nSPS) is 13.4. The molecule has 0 fully saturated rings. The van der Waals surface area contributed by atoms with Crippen LogP contribution in [0.2, 0.25) is 0 Å². The number of hydrogen-bond donors (Lipinski definition) is 3. The molecule has 0 aliphatic rings. The van der Waals surface area contributed by atoms with Crippen molar-refractivity contribution in [1.82, 2.24) is 4.98 Å². The fraction of sp³-hybridized carbons (Fsp3) is 0.545. The van der Waals surface area contributed by atoms with Crippen molar-refractivity contribution in [3.05, 3.63) is 18.0 Å². The van der Waals surface area contributed by atoms with E-state index in [9.17, 15) is 18.3 Å². The molecule has 1 atom stereocenters. The quantitative estimate of drug-likeness (QED) is 0.762. The van der Waals surface area contributed by atoms with E-state index in [4.69, 9.17) is 5.73 Å². The van der Waals surface area contributed by atoms with Gasteiger partial charge in [0.25, 0.3) is 0 Å². The lowest BCUT2D eigenvalue weighted by molar-refractivity contribution is -0.141. The molecule has 7 heteroatoms. The third-order valence-corrected chi connectivity index (χ3v) is 2.38. The molecule has 0 aliphatic heterocycles. The van der Waals surface area contributed by atoms with Crippen LogP contribution in [0, 0.1) is 0 Å². The summed E-state index contributed by atoms with van der Waals surface area (Å²) in [7, 11) is 0. The maximum Gasteiger partial charge on any atom is 0.433 e. The standard InChI is InChI=1S/C11H16F3N3O/c1-2-3-7(18)5-16-9-4-10(11(12,13)14)17-6-8(9)15/h4,6-7,18H,2-3,5,15H2,1H3,(H,16,17). The molecule has 4 N–H and O–H groups in total. The lowest BCUT2D eigenvalue weighted by Gasteiger charge is -2.14. The summed E-state index contributed by atoms with van der Waals surface area (Å²) in [4.78, 5) is 3.22. The summed E-state index contributed by atoms with van der Waals surface area (Å²) in [5, 5.41) is 12.2. The van der Waals surface area contributed by atoms with Crippen LogP contribution in [0.3, 0.4) is 0 Å². The average molecular weight is 263 g/mol. The van der Waals surface area contributed by atoms with Gasteiger partial charge in [0.05, 0.1) is 23.7 Å². The van der Waals surface area contributed by atoms with Crippen LogP contribution in [-0.2, 0) is 6.18 Å². The number of anilines is 2. The minimum absolute atomic E-state index is 0.117. The molecule has 1 rings (SSSR count). The van der Waals surface area contributed by atoms with Crippen LogP contribution >= 0.6 is 0 Å². The van der Waals surface area contributed by atoms with Gasteiger partial charge in [0, 0.05) is 6.54 Å². The van der Waals surface area contributed by atoms with Crippen LogP contribution in [0.1, 0.15) is 25.5 Å². The molecule has 1 unspecified atom stereocenters. The highest BCUT2D eigenvalue weighted by atomic mass is 19.4. The second-order valence-electron chi connectivity index (χ2n) is 3.98. The van der Waals surface area contributed by atoms with E-state index in [0.717, 1.165) is 18.7 Å². The highest BCUT2D eigenvalue weighted by Gasteiger charge is 2.32. The van der Waals surface area contributed by atoms with Crippen molar-refractivity contribution in [3.63, 3.8) is 0 Å². The van der Waals surface area contributed by atoms with Gasteiger partial charge in [-0.05, 0) is 12.5 Å². The Morgan fingerprint density at radius 2 is 2.17 bits per heavy atom. The number of hydrogen-bond acceptors (Lipinski definition) is 4. The second kappa shape index (κ2) is 5.90. The third-order valence-electron chi connectivity index (χ3n) is 2.38. The van der Waals surface area contributed by atoms with Crippen molar-refractivity contribution in [2.24, 2.45) is 0 Å². The first-order valence-electron chi connectivity index (χ1n) is 5.59. The van der Waals surface area contributed by atoms with Gasteiger partial charge in [0.15, 0.2) is 0 Å². The number of nitrogens with one attached hydrogen (secondary N) is 1. The van der Waals surface area contributed by atoms with E-state index >= 15 is 0 Å². The summed E-state index contributed by atoms with van der Waals surface area (Å²) in [6.07, 6.45) is -2.80. The molecule has 4 nitrogen and oxygen atoms in total. The molecule has 0 amide bonds. The van der Waals surface area contributed by atoms with Crippen LogP contribution in [0.15, 0.2) is 12.3 Å². The van der Waals surface area contributed by atoms with E-state index in [1.54, 1.807) is 0 Å². The molecule has 102 valence electrons. The van der Waals surface area contributed by atoms with Gasteiger partial charge in [-0.1, -0.05) is 13.3 Å². The molecule has 0 aromatic carbocycles. The Kier molecular flexibility index (Phi) is 4.77. The smallest absolute Gasteiger partial charge is 0.396 e. The van der Waals surface area contributed by atoms with Crippen LogP contribution < -0.4 is 11.1 Å². The number of aliphatic hydroxyl groups excluding tert-OH is 1. The summed E-state index contributed by atoms with van der Waals surface area (Å²) < 4.78 is 37.3. The van der Waals surface area contributed by atoms with Crippen molar-refractivity contribution < 1.29 is 18.3 Å². The molecule has 18 heavy (non-hydrogen) atoms. The number of nitrogen functional groups attached to an aromatic ring is 1. The van der Waals surface area contributed by atoms with Gasteiger partial charge in [-0.2, -0.15) is 13.2 Å². The van der Waals surface area contributed by atoms with Gasteiger partial charge in [-0.3, -0.25) is 0 Å². The Labute approximate surface area is 103 Å². The molecular weight excluding hydrogens is 247 g/mol. The van der Waals surface area contributed by atoms with Gasteiger partial charge in [-0.25, -0.2) is 4.98 Å². The van der Waals surface area contributed by atoms with E-state index in [0.29, 0.717) is 6.42 Å². The summed E-state index contributed by atoms with van der Waals surface area (Å²) >= 11 is 0. The van der Waals surface area contributed by atoms with Crippen molar-refractivity contribution in [2.45, 2.75) is 32.0 Å². The molecule has 0 bridgehead atoms. The number of alkyl halides is 3. The predicted molar refractivity (Wildman–Crippen MR) is 63.1 cm³/mol. The zero-order valence-corrected chi connectivity index (χ0v) is 9.96. The van der Waals surface area contributed by atoms with Crippen LogP contribution in [0.25, 0.3) is 0 Å². The topological polar surface area (TPSA) is 71.2 Å². The lowest BCUT2D eigenvalue weighted by atomic mass is 10.2. The Morgan fingerprint density at radius 3 is 2.72 bits per heavy atom. The van der Waals surface area contributed by atoms with Crippen molar-refractivity contribution in [3.8, 4) is 0 Å². The Bertz CT molecular complexity index is 396. The number of nitrogens with two attached hydrogens (primary N) is 1. The first kappa shape index (κ1) is 14.6. The van der Waals surface area contributed by atoms with Crippen LogP contribution in [0.4, 0.5) is 24.5 Å². The molecule has 1 aromatic heterocycles. The predicted octanol–water partition coefficient (Wildman–Crippen LogP) is 2.26. The van der Waals surface area contributed by atoms with E-state index in [1.807, 2.05) is 6.92 Å². The number of aromatic nitrogens is 1. The summed E-state index contributed by atoms with van der Waals surface area (Å²) in [6.45, 7) is 2.06. The van der Waals surface area contributed by atoms with Gasteiger partial charge in [0.1, 0.15) is 5.69 Å². The fourth-order valence-electron chi connectivity index (χ4n) is 1.44. The molecule has 0 spiro atoms. The summed E-state index contributed by atoms with van der Waals surface area (Å²) in [5.74, 6) is 0. The highest BCUT2D eigenvalue weighted by molar-refractivity contribution is 5.65. The van der Waals surface area contributed by atoms with Crippen molar-refractivity contribution in [2.75, 3.05) is 17.6 Å². The second-order valence-corrected chi connectivity index (χ2v) is 3.98. The van der Waals surface area contributed by atoms with Gasteiger partial charge < -0.3 is 16.2 Å². The van der Waals surface area contributed by atoms with E-state index in [1.165, 1.54) is 0 Å². The largest absolute Gasteiger partial charge is 0.433 e. The SMILES string of the molecule is CCCC(O)CNc1cc(C(F)(F)F)ncc1N. The molecule has 0 aliphatic carbocycles. The maximum atomic E-state index is 12.4. The molecule has 0 saturated carbocycles. The number of rotatable bonds is 5. The fourth-order valence-corrected chi connectivity index (χ4v) is 1.44. The molecule has 1 aromatic rings. The van der Waals surface area contributed by atoms with Crippen LogP contribution in [0.5, 0.6) is 0 Å². The van der Waals surface area contributed by atoms with Crippen molar-refractivity contribution >= 4 is 11.4 Å². The Morgan fingerprint density at radius 1 is 1.50 bits per heavy atom. The lowest BCUT2D eigenvalue weighted by Crippen LogP contribution is -2.20. The summed E-state index contributed by atoms with van der Waals surface area (Å²) in [5.41, 5.74) is 4.76. The zero-order chi connectivity index (χ0) is 13.8. The van der Waals surface area contributed by atoms with Crippen molar-refractivity contribution in [1.29, 1.82) is 0 Å². The minimum atomic E-state index is -4.51. The maximum absolute atomic E-state index is 12.4. The Balaban J connectivity index is 2.76. The molecular formula is C11H16F3N3O. The third kappa shape index (κ3) is 4.06. The molecule has 0 radical (unpaired) electrons. The van der Waals surface area contributed by atoms with E-state index < -0.39 is 18.0 Å². The first-order valence-corrected chi connectivity index (χ1v) is 5.59. The highest BCUT2D eigenvalue weighted by Crippen LogP contribution is 2.30. The van der Waals surface area contributed by atoms with Gasteiger partial charge in [0.2, 0.25) is 0 Å². The summed E-state index contributed by atoms with van der Waals surface area (Å²) in [6, 6.07) is 0.841.